The van der Waals surface area contributed by atoms with Crippen LogP contribution in [0.2, 0.25) is 0 Å². The number of aromatic carboxylic acids is 1. The molecule has 0 spiro atoms. The van der Waals surface area contributed by atoms with Gasteiger partial charge in [-0.2, -0.15) is 0 Å². The summed E-state index contributed by atoms with van der Waals surface area (Å²) in [5.41, 5.74) is -0.0243. The molecule has 0 saturated carbocycles. The highest BCUT2D eigenvalue weighted by Gasteiger charge is 2.18. The summed E-state index contributed by atoms with van der Waals surface area (Å²) < 4.78 is 0. The molecular formula is C11H17N3O4S. The van der Waals surface area contributed by atoms with Gasteiger partial charge in [0.1, 0.15) is 5.01 Å². The van der Waals surface area contributed by atoms with Crippen molar-refractivity contribution in [2.75, 3.05) is 19.7 Å². The number of urea groups is 1. The number of carboxylic acid groups (broad SMARTS) is 1. The van der Waals surface area contributed by atoms with Gasteiger partial charge in [-0.25, -0.2) is 14.6 Å². The Hall–Kier alpha value is -1.67. The zero-order valence-electron chi connectivity index (χ0n) is 10.8. The van der Waals surface area contributed by atoms with Crippen LogP contribution in [0.4, 0.5) is 4.79 Å². The van der Waals surface area contributed by atoms with Crippen molar-refractivity contribution in [2.24, 2.45) is 0 Å². The summed E-state index contributed by atoms with van der Waals surface area (Å²) in [5, 5.41) is 22.3. The quantitative estimate of drug-likeness (QED) is 0.722. The van der Waals surface area contributed by atoms with Gasteiger partial charge >= 0.3 is 12.0 Å². The van der Waals surface area contributed by atoms with E-state index in [1.165, 1.54) is 21.6 Å². The van der Waals surface area contributed by atoms with E-state index in [1.807, 2.05) is 6.92 Å². The largest absolute Gasteiger partial charge is 0.476 e. The molecule has 0 aliphatic rings. The molecule has 0 aromatic carbocycles. The molecule has 0 saturated heterocycles. The Morgan fingerprint density at radius 3 is 2.74 bits per heavy atom. The molecule has 0 aliphatic carbocycles. The summed E-state index contributed by atoms with van der Waals surface area (Å²) in [5.74, 6) is -1.09. The summed E-state index contributed by atoms with van der Waals surface area (Å²) in [4.78, 5) is 28.0. The van der Waals surface area contributed by atoms with Crippen molar-refractivity contribution in [2.45, 2.75) is 19.9 Å². The van der Waals surface area contributed by atoms with Gasteiger partial charge in [0.05, 0.1) is 12.6 Å². The molecule has 1 aromatic heterocycles. The van der Waals surface area contributed by atoms with Crippen LogP contribution in [0, 0.1) is 0 Å². The van der Waals surface area contributed by atoms with Gasteiger partial charge in [-0.15, -0.1) is 11.3 Å². The van der Waals surface area contributed by atoms with E-state index in [9.17, 15) is 9.59 Å². The molecule has 1 unspecified atom stereocenters. The number of likely N-dealkylation sites (N-methyl/N-ethyl adjacent to an activating group) is 1. The topological polar surface area (TPSA) is 103 Å². The first kappa shape index (κ1) is 15.4. The van der Waals surface area contributed by atoms with Gasteiger partial charge in [-0.05, 0) is 13.8 Å². The fourth-order valence-electron chi connectivity index (χ4n) is 1.45. The fraction of sp³-hybridized carbons (Fsp3) is 0.545. The Kier molecular flexibility index (Phi) is 5.71. The van der Waals surface area contributed by atoms with Crippen LogP contribution in [-0.4, -0.2) is 51.8 Å². The summed E-state index contributed by atoms with van der Waals surface area (Å²) >= 11 is 1.19. The fourth-order valence-corrected chi connectivity index (χ4v) is 2.25. The Labute approximate surface area is 114 Å². The molecule has 2 amide bonds. The number of carbonyl (C=O) groups is 2. The lowest BCUT2D eigenvalue weighted by Gasteiger charge is -2.22. The van der Waals surface area contributed by atoms with E-state index < -0.39 is 5.97 Å². The highest BCUT2D eigenvalue weighted by molar-refractivity contribution is 7.09. The van der Waals surface area contributed by atoms with E-state index in [2.05, 4.69) is 10.3 Å². The summed E-state index contributed by atoms with van der Waals surface area (Å²) in [6.45, 7) is 4.18. The zero-order chi connectivity index (χ0) is 14.4. The maximum absolute atomic E-state index is 11.9. The SMILES string of the molecule is CCN(CCO)C(=O)NC(C)c1nc(C(=O)O)cs1. The lowest BCUT2D eigenvalue weighted by Crippen LogP contribution is -2.42. The molecule has 1 rings (SSSR count). The molecule has 1 aromatic rings. The zero-order valence-corrected chi connectivity index (χ0v) is 11.6. The molecule has 106 valence electrons. The highest BCUT2D eigenvalue weighted by atomic mass is 32.1. The number of hydrogen-bond acceptors (Lipinski definition) is 5. The van der Waals surface area contributed by atoms with Crippen molar-refractivity contribution in [1.82, 2.24) is 15.2 Å². The monoisotopic (exact) mass is 287 g/mol. The van der Waals surface area contributed by atoms with Gasteiger partial charge in [0.2, 0.25) is 0 Å². The third kappa shape index (κ3) is 4.18. The number of aromatic nitrogens is 1. The third-order valence-electron chi connectivity index (χ3n) is 2.49. The number of hydrogen-bond donors (Lipinski definition) is 3. The minimum atomic E-state index is -1.09. The number of carbonyl (C=O) groups excluding carboxylic acids is 1. The molecule has 19 heavy (non-hydrogen) atoms. The second-order valence-electron chi connectivity index (χ2n) is 3.85. The van der Waals surface area contributed by atoms with E-state index in [0.29, 0.717) is 11.6 Å². The number of aliphatic hydroxyl groups excluding tert-OH is 1. The summed E-state index contributed by atoms with van der Waals surface area (Å²) in [6.07, 6.45) is 0. The number of thiazole rings is 1. The molecule has 8 heteroatoms. The van der Waals surface area contributed by atoms with E-state index >= 15 is 0 Å². The lowest BCUT2D eigenvalue weighted by atomic mass is 10.3. The maximum atomic E-state index is 11.9. The smallest absolute Gasteiger partial charge is 0.355 e. The maximum Gasteiger partial charge on any atom is 0.355 e. The van der Waals surface area contributed by atoms with Crippen molar-refractivity contribution >= 4 is 23.3 Å². The first-order chi connectivity index (χ1) is 8.99. The second kappa shape index (κ2) is 7.05. The van der Waals surface area contributed by atoms with Gasteiger partial charge in [0, 0.05) is 18.5 Å². The average Bonchev–Trinajstić information content (AvgIpc) is 2.85. The van der Waals surface area contributed by atoms with E-state index in [-0.39, 0.29) is 30.9 Å². The molecule has 0 fully saturated rings. The standard InChI is InChI=1S/C11H17N3O4S/c1-3-14(4-5-15)11(18)12-7(2)9-13-8(6-19-9)10(16)17/h6-7,15H,3-5H2,1-2H3,(H,12,18)(H,16,17). The molecule has 1 heterocycles. The van der Waals surface area contributed by atoms with Crippen molar-refractivity contribution in [3.8, 4) is 0 Å². The van der Waals surface area contributed by atoms with Crippen LogP contribution in [0.15, 0.2) is 5.38 Å². The third-order valence-corrected chi connectivity index (χ3v) is 3.52. The van der Waals surface area contributed by atoms with Crippen LogP contribution in [0.3, 0.4) is 0 Å². The van der Waals surface area contributed by atoms with Gasteiger partial charge in [-0.1, -0.05) is 0 Å². The molecule has 0 radical (unpaired) electrons. The van der Waals surface area contributed by atoms with E-state index in [0.717, 1.165) is 0 Å². The van der Waals surface area contributed by atoms with Crippen LogP contribution in [0.25, 0.3) is 0 Å². The number of carboxylic acids is 1. The Morgan fingerprint density at radius 2 is 2.26 bits per heavy atom. The van der Waals surface area contributed by atoms with E-state index in [1.54, 1.807) is 6.92 Å². The molecule has 1 atom stereocenters. The minimum absolute atomic E-state index is 0.0243. The van der Waals surface area contributed by atoms with E-state index in [4.69, 9.17) is 10.2 Å². The van der Waals surface area contributed by atoms with Gasteiger partial charge in [0.15, 0.2) is 5.69 Å². The van der Waals surface area contributed by atoms with Gasteiger partial charge in [0.25, 0.3) is 0 Å². The number of rotatable bonds is 6. The van der Waals surface area contributed by atoms with Crippen LogP contribution < -0.4 is 5.32 Å². The first-order valence-corrected chi connectivity index (χ1v) is 6.72. The Bertz CT molecular complexity index is 449. The van der Waals surface area contributed by atoms with Crippen molar-refractivity contribution < 1.29 is 19.8 Å². The lowest BCUT2D eigenvalue weighted by molar-refractivity contribution is 0.0691. The van der Waals surface area contributed by atoms with Crippen LogP contribution in [0.5, 0.6) is 0 Å². The molecule has 0 aliphatic heterocycles. The predicted molar refractivity (Wildman–Crippen MR) is 70.4 cm³/mol. The molecular weight excluding hydrogens is 270 g/mol. The van der Waals surface area contributed by atoms with Crippen molar-refractivity contribution in [1.29, 1.82) is 0 Å². The van der Waals surface area contributed by atoms with Crippen LogP contribution in [0.1, 0.15) is 35.4 Å². The number of nitrogens with one attached hydrogen (secondary N) is 1. The molecule has 3 N–H and O–H groups in total. The average molecular weight is 287 g/mol. The van der Waals surface area contributed by atoms with Gasteiger partial charge < -0.3 is 20.4 Å². The summed E-state index contributed by atoms with van der Waals surface area (Å²) in [6, 6.07) is -0.686. The number of aliphatic hydroxyl groups is 1. The first-order valence-electron chi connectivity index (χ1n) is 5.84. The molecule has 0 bridgehead atoms. The number of amides is 2. The van der Waals surface area contributed by atoms with Crippen molar-refractivity contribution in [3.05, 3.63) is 16.1 Å². The number of nitrogens with zero attached hydrogens (tertiary/aromatic N) is 2. The Morgan fingerprint density at radius 1 is 1.58 bits per heavy atom. The summed E-state index contributed by atoms with van der Waals surface area (Å²) in [7, 11) is 0. The van der Waals surface area contributed by atoms with Gasteiger partial charge in [-0.3, -0.25) is 0 Å². The highest BCUT2D eigenvalue weighted by Crippen LogP contribution is 2.18. The second-order valence-corrected chi connectivity index (χ2v) is 4.74. The predicted octanol–water partition coefficient (Wildman–Crippen LogP) is 0.926. The minimum Gasteiger partial charge on any atom is -0.476 e. The van der Waals surface area contributed by atoms with Crippen molar-refractivity contribution in [3.63, 3.8) is 0 Å². The normalized spacial score (nSPS) is 11.9. The molecule has 7 nitrogen and oxygen atoms in total. The van der Waals surface area contributed by atoms with Crippen LogP contribution in [-0.2, 0) is 0 Å². The van der Waals surface area contributed by atoms with Crippen LogP contribution >= 0.6 is 11.3 Å². The Balaban J connectivity index is 2.64.